The van der Waals surface area contributed by atoms with Gasteiger partial charge >= 0.3 is 0 Å². The van der Waals surface area contributed by atoms with Crippen LogP contribution in [-0.4, -0.2) is 36.2 Å². The van der Waals surface area contributed by atoms with Crippen LogP contribution in [-0.2, 0) is 0 Å². The maximum atomic E-state index is 5.36. The molecule has 1 rings (SSSR count). The minimum atomic E-state index is 0.140. The fourth-order valence-electron chi connectivity index (χ4n) is 1.47. The van der Waals surface area contributed by atoms with E-state index in [-0.39, 0.29) is 6.17 Å². The average Bonchev–Trinajstić information content (AvgIpc) is 2.09. The summed E-state index contributed by atoms with van der Waals surface area (Å²) in [6, 6.07) is 0. The van der Waals surface area contributed by atoms with Crippen LogP contribution in [0.4, 0.5) is 0 Å². The van der Waals surface area contributed by atoms with Gasteiger partial charge in [0, 0.05) is 18.0 Å². The predicted molar refractivity (Wildman–Crippen MR) is 60.6 cm³/mol. The Kier molecular flexibility index (Phi) is 3.83. The minimum absolute atomic E-state index is 0.140. The first-order valence-corrected chi connectivity index (χ1v) is 4.86. The molecule has 1 aliphatic heterocycles. The highest BCUT2D eigenvalue weighted by Gasteiger charge is 2.14. The van der Waals surface area contributed by atoms with Crippen molar-refractivity contribution < 1.29 is 0 Å². The van der Waals surface area contributed by atoms with E-state index in [1.807, 2.05) is 18.2 Å². The summed E-state index contributed by atoms with van der Waals surface area (Å²) in [7, 11) is 0. The van der Waals surface area contributed by atoms with Gasteiger partial charge in [-0.2, -0.15) is 0 Å². The number of nitrogens with two attached hydrogens (primary N) is 1. The Bertz CT molecular complexity index is 278. The molecule has 14 heavy (non-hydrogen) atoms. The van der Waals surface area contributed by atoms with E-state index in [0.29, 0.717) is 13.1 Å². The third-order valence-electron chi connectivity index (χ3n) is 2.08. The second kappa shape index (κ2) is 4.91. The van der Waals surface area contributed by atoms with Gasteiger partial charge in [-0.15, -0.1) is 0 Å². The van der Waals surface area contributed by atoms with Crippen LogP contribution in [0.15, 0.2) is 21.8 Å². The molecule has 4 heteroatoms. The first-order valence-electron chi connectivity index (χ1n) is 4.86. The molecule has 0 aromatic carbocycles. The molecule has 1 heterocycles. The molecule has 4 nitrogen and oxygen atoms in total. The molecule has 2 N–H and O–H groups in total. The summed E-state index contributed by atoms with van der Waals surface area (Å²) in [6.45, 7) is 7.37. The molecule has 0 aromatic rings. The van der Waals surface area contributed by atoms with Crippen molar-refractivity contribution in [2.45, 2.75) is 26.9 Å². The van der Waals surface area contributed by atoms with Gasteiger partial charge in [-0.3, -0.25) is 9.98 Å². The standard InChI is InChI=1S/C10H18N4/c1-8-6-9(2)14(10(3)13-8)7-12-5-4-11/h6-7,10H,4-5,11H2,1-3H3/b12-7-. The molecule has 0 fully saturated rings. The smallest absolute Gasteiger partial charge is 0.123 e. The molecule has 0 amide bonds. The molecule has 78 valence electrons. The van der Waals surface area contributed by atoms with Crippen molar-refractivity contribution in [3.05, 3.63) is 11.8 Å². The molecule has 0 spiro atoms. The van der Waals surface area contributed by atoms with Crippen LogP contribution in [0.2, 0.25) is 0 Å². The fourth-order valence-corrected chi connectivity index (χ4v) is 1.47. The third-order valence-corrected chi connectivity index (χ3v) is 2.08. The van der Waals surface area contributed by atoms with Crippen LogP contribution < -0.4 is 5.73 Å². The lowest BCUT2D eigenvalue weighted by Gasteiger charge is -2.28. The first-order chi connectivity index (χ1) is 6.65. The molecule has 1 atom stereocenters. The van der Waals surface area contributed by atoms with Crippen molar-refractivity contribution >= 4 is 12.1 Å². The van der Waals surface area contributed by atoms with Crippen molar-refractivity contribution in [3.63, 3.8) is 0 Å². The van der Waals surface area contributed by atoms with E-state index in [4.69, 9.17) is 5.73 Å². The molecule has 0 bridgehead atoms. The van der Waals surface area contributed by atoms with E-state index in [2.05, 4.69) is 29.9 Å². The van der Waals surface area contributed by atoms with Crippen molar-refractivity contribution in [1.82, 2.24) is 4.90 Å². The van der Waals surface area contributed by atoms with Gasteiger partial charge in [0.2, 0.25) is 0 Å². The molecule has 1 unspecified atom stereocenters. The van der Waals surface area contributed by atoms with Crippen LogP contribution in [0.1, 0.15) is 20.8 Å². The highest BCUT2D eigenvalue weighted by atomic mass is 15.3. The second-order valence-electron chi connectivity index (χ2n) is 3.41. The SMILES string of the molecule is CC1=CC(C)=NC(C)N1/C=N\CCN. The number of aliphatic imine (C=N–C) groups is 2. The molecule has 0 radical (unpaired) electrons. The van der Waals surface area contributed by atoms with Crippen LogP contribution in [0, 0.1) is 0 Å². The van der Waals surface area contributed by atoms with Crippen LogP contribution in [0.5, 0.6) is 0 Å². The van der Waals surface area contributed by atoms with E-state index >= 15 is 0 Å². The van der Waals surface area contributed by atoms with Crippen LogP contribution in [0.25, 0.3) is 0 Å². The topological polar surface area (TPSA) is 54.0 Å². The summed E-state index contributed by atoms with van der Waals surface area (Å²) < 4.78 is 0. The van der Waals surface area contributed by atoms with Gasteiger partial charge in [0.1, 0.15) is 6.17 Å². The molecule has 1 aliphatic rings. The molecular weight excluding hydrogens is 176 g/mol. The Balaban J connectivity index is 2.67. The zero-order valence-corrected chi connectivity index (χ0v) is 9.07. The molecule has 0 saturated carbocycles. The number of allylic oxidation sites excluding steroid dienone is 2. The Hall–Kier alpha value is -1.16. The van der Waals surface area contributed by atoms with Gasteiger partial charge in [-0.1, -0.05) is 0 Å². The van der Waals surface area contributed by atoms with Gasteiger partial charge in [0.15, 0.2) is 0 Å². The van der Waals surface area contributed by atoms with E-state index in [9.17, 15) is 0 Å². The van der Waals surface area contributed by atoms with E-state index in [1.54, 1.807) is 0 Å². The first kappa shape index (κ1) is 10.9. The molecule has 0 aromatic heterocycles. The van der Waals surface area contributed by atoms with Crippen LogP contribution in [0.3, 0.4) is 0 Å². The summed E-state index contributed by atoms with van der Waals surface area (Å²) in [5, 5.41) is 0. The number of hydrogen-bond acceptors (Lipinski definition) is 3. The minimum Gasteiger partial charge on any atom is -0.329 e. The predicted octanol–water partition coefficient (Wildman–Crippen LogP) is 1.000. The summed E-state index contributed by atoms with van der Waals surface area (Å²) in [5.74, 6) is 0. The van der Waals surface area contributed by atoms with Gasteiger partial charge < -0.3 is 10.6 Å². The summed E-state index contributed by atoms with van der Waals surface area (Å²) in [5.41, 5.74) is 7.60. The maximum absolute atomic E-state index is 5.36. The van der Waals surface area contributed by atoms with E-state index in [0.717, 1.165) is 5.71 Å². The van der Waals surface area contributed by atoms with Crippen molar-refractivity contribution in [1.29, 1.82) is 0 Å². The Morgan fingerprint density at radius 2 is 2.36 bits per heavy atom. The average molecular weight is 194 g/mol. The number of nitrogens with zero attached hydrogens (tertiary/aromatic N) is 3. The lowest BCUT2D eigenvalue weighted by atomic mass is 10.2. The molecular formula is C10H18N4. The van der Waals surface area contributed by atoms with E-state index < -0.39 is 0 Å². The molecule has 0 saturated heterocycles. The van der Waals surface area contributed by atoms with Crippen LogP contribution >= 0.6 is 0 Å². The summed E-state index contributed by atoms with van der Waals surface area (Å²) >= 11 is 0. The third kappa shape index (κ3) is 2.67. The Labute approximate surface area is 85.2 Å². The number of hydrogen-bond donors (Lipinski definition) is 1. The largest absolute Gasteiger partial charge is 0.329 e. The monoisotopic (exact) mass is 194 g/mol. The summed E-state index contributed by atoms with van der Waals surface area (Å²) in [6.07, 6.45) is 4.01. The Morgan fingerprint density at radius 1 is 1.64 bits per heavy atom. The lowest BCUT2D eigenvalue weighted by Crippen LogP contribution is -2.32. The second-order valence-corrected chi connectivity index (χ2v) is 3.41. The fraction of sp³-hybridized carbons (Fsp3) is 0.600. The van der Waals surface area contributed by atoms with E-state index in [1.165, 1.54) is 5.70 Å². The zero-order chi connectivity index (χ0) is 10.6. The maximum Gasteiger partial charge on any atom is 0.123 e. The zero-order valence-electron chi connectivity index (χ0n) is 9.07. The van der Waals surface area contributed by atoms with Gasteiger partial charge in [-0.25, -0.2) is 0 Å². The van der Waals surface area contributed by atoms with Crippen molar-refractivity contribution in [3.8, 4) is 0 Å². The van der Waals surface area contributed by atoms with Crippen molar-refractivity contribution in [2.24, 2.45) is 15.7 Å². The van der Waals surface area contributed by atoms with Crippen molar-refractivity contribution in [2.75, 3.05) is 13.1 Å². The van der Waals surface area contributed by atoms with Gasteiger partial charge in [0.05, 0.1) is 12.9 Å². The lowest BCUT2D eigenvalue weighted by molar-refractivity contribution is 0.416. The quantitative estimate of drug-likeness (QED) is 0.538. The summed E-state index contributed by atoms with van der Waals surface area (Å²) in [4.78, 5) is 10.7. The highest BCUT2D eigenvalue weighted by molar-refractivity contribution is 5.94. The number of rotatable bonds is 3. The Morgan fingerprint density at radius 3 is 2.93 bits per heavy atom. The molecule has 0 aliphatic carbocycles. The van der Waals surface area contributed by atoms with Gasteiger partial charge in [0.25, 0.3) is 0 Å². The van der Waals surface area contributed by atoms with Gasteiger partial charge in [-0.05, 0) is 26.8 Å². The highest BCUT2D eigenvalue weighted by Crippen LogP contribution is 2.13. The normalized spacial score (nSPS) is 22.6.